The van der Waals surface area contributed by atoms with E-state index in [0.717, 1.165) is 0 Å². The molecule has 3 N–H and O–H groups in total. The molecule has 0 saturated carbocycles. The van der Waals surface area contributed by atoms with Crippen LogP contribution in [0.2, 0.25) is 0 Å². The smallest absolute Gasteiger partial charge is 0.292 e. The molecule has 0 fully saturated rings. The molecule has 0 aliphatic carbocycles. The van der Waals surface area contributed by atoms with Crippen LogP contribution in [0.3, 0.4) is 0 Å². The lowest BCUT2D eigenvalue weighted by atomic mass is 10.4. The third-order valence-electron chi connectivity index (χ3n) is 1.77. The Hall–Kier alpha value is -2.28. The van der Waals surface area contributed by atoms with Gasteiger partial charge in [-0.2, -0.15) is 4.98 Å². The lowest BCUT2D eigenvalue weighted by Gasteiger charge is -2.03. The van der Waals surface area contributed by atoms with E-state index in [9.17, 15) is 4.79 Å². The Labute approximate surface area is 84.6 Å². The summed E-state index contributed by atoms with van der Waals surface area (Å²) >= 11 is 0. The molecule has 0 aliphatic heterocycles. The average Bonchev–Trinajstić information content (AvgIpc) is 2.30. The molecule has 0 bridgehead atoms. The monoisotopic (exact) mass is 204 g/mol. The zero-order valence-corrected chi connectivity index (χ0v) is 7.66. The van der Waals surface area contributed by atoms with Crippen molar-refractivity contribution in [3.8, 4) is 5.69 Å². The van der Waals surface area contributed by atoms with E-state index in [2.05, 4.69) is 20.4 Å². The van der Waals surface area contributed by atoms with Crippen molar-refractivity contribution < 1.29 is 0 Å². The first-order valence-corrected chi connectivity index (χ1v) is 4.14. The second-order valence-electron chi connectivity index (χ2n) is 2.68. The normalized spacial score (nSPS) is 9.93. The highest BCUT2D eigenvalue weighted by atomic mass is 16.1. The molecule has 0 saturated heterocycles. The van der Waals surface area contributed by atoms with Crippen molar-refractivity contribution in [3.63, 3.8) is 0 Å². The maximum absolute atomic E-state index is 11.5. The standard InChI is InChI=1S/C8H8N6O/c9-13-7-11-5-14(8(15)12-7)6-1-3-10-4-2-6/h1-5H,9H2,(H,12,13,15). The van der Waals surface area contributed by atoms with E-state index in [0.29, 0.717) is 5.69 Å². The van der Waals surface area contributed by atoms with Gasteiger partial charge in [0.2, 0.25) is 5.95 Å². The van der Waals surface area contributed by atoms with E-state index < -0.39 is 5.69 Å². The minimum absolute atomic E-state index is 0.0882. The van der Waals surface area contributed by atoms with Crippen LogP contribution in [0.5, 0.6) is 0 Å². The SMILES string of the molecule is NNc1ncn(-c2ccncc2)c(=O)n1. The third kappa shape index (κ3) is 1.81. The molecule has 0 unspecified atom stereocenters. The highest BCUT2D eigenvalue weighted by Crippen LogP contribution is 2.00. The fourth-order valence-corrected chi connectivity index (χ4v) is 1.09. The molecule has 2 aromatic rings. The van der Waals surface area contributed by atoms with Crippen molar-refractivity contribution in [2.24, 2.45) is 5.84 Å². The number of anilines is 1. The highest BCUT2D eigenvalue weighted by molar-refractivity contribution is 5.29. The summed E-state index contributed by atoms with van der Waals surface area (Å²) in [6.45, 7) is 0. The molecule has 2 aromatic heterocycles. The van der Waals surface area contributed by atoms with Crippen LogP contribution in [0, 0.1) is 0 Å². The second kappa shape index (κ2) is 3.84. The molecule has 0 spiro atoms. The fraction of sp³-hybridized carbons (Fsp3) is 0. The summed E-state index contributed by atoms with van der Waals surface area (Å²) in [5.74, 6) is 5.16. The summed E-state index contributed by atoms with van der Waals surface area (Å²) in [4.78, 5) is 22.8. The minimum atomic E-state index is -0.454. The molecule has 2 rings (SSSR count). The molecule has 0 aromatic carbocycles. The summed E-state index contributed by atoms with van der Waals surface area (Å²) in [6, 6.07) is 3.36. The number of nitrogens with zero attached hydrogens (tertiary/aromatic N) is 4. The van der Waals surface area contributed by atoms with Crippen LogP contribution in [-0.2, 0) is 0 Å². The molecule has 15 heavy (non-hydrogen) atoms. The van der Waals surface area contributed by atoms with E-state index in [-0.39, 0.29) is 5.95 Å². The second-order valence-corrected chi connectivity index (χ2v) is 2.68. The molecule has 7 heteroatoms. The van der Waals surface area contributed by atoms with Gasteiger partial charge in [-0.3, -0.25) is 15.0 Å². The van der Waals surface area contributed by atoms with Gasteiger partial charge < -0.3 is 0 Å². The van der Waals surface area contributed by atoms with Crippen LogP contribution >= 0.6 is 0 Å². The van der Waals surface area contributed by atoms with Crippen molar-refractivity contribution >= 4 is 5.95 Å². The lowest BCUT2D eigenvalue weighted by Crippen LogP contribution is -2.24. The largest absolute Gasteiger partial charge is 0.356 e. The van der Waals surface area contributed by atoms with Gasteiger partial charge in [0, 0.05) is 12.4 Å². The molecule has 7 nitrogen and oxygen atoms in total. The van der Waals surface area contributed by atoms with Crippen LogP contribution < -0.4 is 17.0 Å². The Morgan fingerprint density at radius 2 is 2.07 bits per heavy atom. The molecule has 0 radical (unpaired) electrons. The number of rotatable bonds is 2. The van der Waals surface area contributed by atoms with E-state index >= 15 is 0 Å². The Morgan fingerprint density at radius 1 is 1.33 bits per heavy atom. The van der Waals surface area contributed by atoms with Crippen LogP contribution in [0.25, 0.3) is 5.69 Å². The molecule has 76 valence electrons. The van der Waals surface area contributed by atoms with Crippen molar-refractivity contribution in [2.75, 3.05) is 5.43 Å². The van der Waals surface area contributed by atoms with Gasteiger partial charge in [0.05, 0.1) is 5.69 Å². The summed E-state index contributed by atoms with van der Waals surface area (Å²) in [6.07, 6.45) is 4.51. The Balaban J connectivity index is 2.51. The maximum Gasteiger partial charge on any atom is 0.356 e. The van der Waals surface area contributed by atoms with Crippen molar-refractivity contribution in [2.45, 2.75) is 0 Å². The first-order chi connectivity index (χ1) is 7.31. The van der Waals surface area contributed by atoms with Crippen molar-refractivity contribution in [1.29, 1.82) is 0 Å². The van der Waals surface area contributed by atoms with Crippen molar-refractivity contribution in [3.05, 3.63) is 41.3 Å². The first kappa shape index (κ1) is 9.28. The number of hydrogen-bond donors (Lipinski definition) is 2. The zero-order valence-electron chi connectivity index (χ0n) is 7.66. The quantitative estimate of drug-likeness (QED) is 0.496. The molecule has 0 aliphatic rings. The van der Waals surface area contributed by atoms with Gasteiger partial charge in [-0.1, -0.05) is 0 Å². The van der Waals surface area contributed by atoms with Gasteiger partial charge >= 0.3 is 5.69 Å². The van der Waals surface area contributed by atoms with Crippen LogP contribution in [-0.4, -0.2) is 19.5 Å². The highest BCUT2D eigenvalue weighted by Gasteiger charge is 2.01. The number of nitrogens with one attached hydrogen (secondary N) is 1. The predicted octanol–water partition coefficient (Wildman–Crippen LogP) is -0.692. The van der Waals surface area contributed by atoms with Gasteiger partial charge in [-0.25, -0.2) is 15.6 Å². The van der Waals surface area contributed by atoms with E-state index in [4.69, 9.17) is 5.84 Å². The van der Waals surface area contributed by atoms with E-state index in [1.54, 1.807) is 24.5 Å². The van der Waals surface area contributed by atoms with Gasteiger partial charge in [-0.05, 0) is 12.1 Å². The van der Waals surface area contributed by atoms with Crippen molar-refractivity contribution in [1.82, 2.24) is 19.5 Å². The summed E-state index contributed by atoms with van der Waals surface area (Å²) < 4.78 is 1.29. The fourth-order valence-electron chi connectivity index (χ4n) is 1.09. The van der Waals surface area contributed by atoms with E-state index in [1.807, 2.05) is 0 Å². The van der Waals surface area contributed by atoms with Gasteiger partial charge in [0.25, 0.3) is 0 Å². The number of hydrogen-bond acceptors (Lipinski definition) is 6. The van der Waals surface area contributed by atoms with Crippen LogP contribution in [0.4, 0.5) is 5.95 Å². The number of aromatic nitrogens is 4. The molecular formula is C8H8N6O. The third-order valence-corrected chi connectivity index (χ3v) is 1.77. The van der Waals surface area contributed by atoms with Gasteiger partial charge in [0.1, 0.15) is 6.33 Å². The molecular weight excluding hydrogens is 196 g/mol. The minimum Gasteiger partial charge on any atom is -0.292 e. The van der Waals surface area contributed by atoms with Crippen LogP contribution in [0.15, 0.2) is 35.6 Å². The first-order valence-electron chi connectivity index (χ1n) is 4.14. The summed E-state index contributed by atoms with van der Waals surface area (Å²) in [5, 5.41) is 0. The average molecular weight is 204 g/mol. The van der Waals surface area contributed by atoms with Gasteiger partial charge in [-0.15, -0.1) is 0 Å². The Morgan fingerprint density at radius 3 is 2.67 bits per heavy atom. The zero-order chi connectivity index (χ0) is 10.7. The Bertz CT molecular complexity index is 508. The van der Waals surface area contributed by atoms with E-state index in [1.165, 1.54) is 10.9 Å². The summed E-state index contributed by atoms with van der Waals surface area (Å²) in [5.41, 5.74) is 2.40. The maximum atomic E-state index is 11.5. The van der Waals surface area contributed by atoms with Crippen LogP contribution in [0.1, 0.15) is 0 Å². The topological polar surface area (TPSA) is 98.7 Å². The van der Waals surface area contributed by atoms with Gasteiger partial charge in [0.15, 0.2) is 0 Å². The molecule has 2 heterocycles. The number of nitrogens with two attached hydrogens (primary N) is 1. The molecule has 0 atom stereocenters. The summed E-state index contributed by atoms with van der Waals surface area (Å²) in [7, 11) is 0. The lowest BCUT2D eigenvalue weighted by molar-refractivity contribution is 0.857. The number of pyridine rings is 1. The number of nitrogen functional groups attached to an aromatic ring is 1. The number of hydrazine groups is 1. The predicted molar refractivity (Wildman–Crippen MR) is 53.2 cm³/mol. The Kier molecular flexibility index (Phi) is 2.38. The molecule has 0 amide bonds.